The van der Waals surface area contributed by atoms with E-state index in [1.54, 1.807) is 0 Å². The molecule has 1 aromatic rings. The number of aliphatic carboxylic acids is 1. The van der Waals surface area contributed by atoms with Crippen molar-refractivity contribution in [3.63, 3.8) is 0 Å². The molecule has 6 nitrogen and oxygen atoms in total. The van der Waals surface area contributed by atoms with Crippen LogP contribution in [0.2, 0.25) is 0 Å². The molecule has 1 aromatic carbocycles. The smallest absolute Gasteiger partial charge is 0.344 e. The summed E-state index contributed by atoms with van der Waals surface area (Å²) in [4.78, 5) is 15.3. The molecule has 2 fully saturated rings. The van der Waals surface area contributed by atoms with Crippen molar-refractivity contribution in [1.29, 1.82) is 0 Å². The van der Waals surface area contributed by atoms with E-state index in [0.717, 1.165) is 29.7 Å². The highest BCUT2D eigenvalue weighted by Gasteiger charge is 2.51. The molecule has 0 heterocycles. The van der Waals surface area contributed by atoms with E-state index >= 15 is 0 Å². The van der Waals surface area contributed by atoms with Crippen LogP contribution in [0.3, 0.4) is 0 Å². The van der Waals surface area contributed by atoms with Crippen LogP contribution >= 0.6 is 0 Å². The minimum atomic E-state index is -1.05. The lowest BCUT2D eigenvalue weighted by molar-refractivity contribution is -0.142. The summed E-state index contributed by atoms with van der Waals surface area (Å²) in [7, 11) is 0. The molecule has 2 aliphatic rings. The zero-order valence-corrected chi connectivity index (χ0v) is 15.3. The van der Waals surface area contributed by atoms with Crippen LogP contribution in [0.4, 0.5) is 0 Å². The lowest BCUT2D eigenvalue weighted by Gasteiger charge is -2.33. The van der Waals surface area contributed by atoms with Crippen LogP contribution in [0, 0.1) is 31.6 Å². The third kappa shape index (κ3) is 3.91. The number of carbonyl (C=O) groups is 1. The summed E-state index contributed by atoms with van der Waals surface area (Å²) in [6.07, 6.45) is 1.96. The summed E-state index contributed by atoms with van der Waals surface area (Å²) >= 11 is 0. The van der Waals surface area contributed by atoms with Crippen molar-refractivity contribution in [2.24, 2.45) is 22.9 Å². The van der Waals surface area contributed by atoms with Crippen molar-refractivity contribution in [2.75, 3.05) is 6.61 Å². The molecule has 0 bridgehead atoms. The molecule has 6 heteroatoms. The minimum Gasteiger partial charge on any atom is -0.479 e. The van der Waals surface area contributed by atoms with Gasteiger partial charge in [0.2, 0.25) is 6.61 Å². The number of carboxylic acid groups (broad SMARTS) is 1. The van der Waals surface area contributed by atoms with E-state index in [9.17, 15) is 15.0 Å². The molecular weight excluding hydrogens is 334 g/mol. The quantitative estimate of drug-likeness (QED) is 0.648. The number of carboxylic acids is 1. The molecular formula is C20H27NO5. The molecule has 0 aromatic heterocycles. The van der Waals surface area contributed by atoms with Gasteiger partial charge in [-0.3, -0.25) is 0 Å². The number of aliphatic hydroxyl groups excluding tert-OH is 2. The van der Waals surface area contributed by atoms with E-state index in [1.807, 2.05) is 26.0 Å². The lowest BCUT2D eigenvalue weighted by Crippen LogP contribution is -2.38. The Morgan fingerprint density at radius 2 is 2.15 bits per heavy atom. The van der Waals surface area contributed by atoms with Crippen molar-refractivity contribution < 1.29 is 25.0 Å². The second-order valence-corrected chi connectivity index (χ2v) is 7.66. The average molecular weight is 361 g/mol. The van der Waals surface area contributed by atoms with Crippen LogP contribution in [0.5, 0.6) is 0 Å². The van der Waals surface area contributed by atoms with Crippen molar-refractivity contribution >= 4 is 11.7 Å². The maximum absolute atomic E-state index is 10.5. The molecule has 0 aliphatic heterocycles. The molecule has 0 saturated heterocycles. The van der Waals surface area contributed by atoms with Gasteiger partial charge in [-0.2, -0.15) is 0 Å². The molecule has 2 saturated carbocycles. The van der Waals surface area contributed by atoms with E-state index in [-0.39, 0.29) is 23.9 Å². The SMILES string of the molecule is Cc1ccc(C(O)CCC2CC3C(=NOCC(=O)O)CC3C2O)c(C)c1. The summed E-state index contributed by atoms with van der Waals surface area (Å²) in [5.74, 6) is -0.542. The Labute approximate surface area is 153 Å². The van der Waals surface area contributed by atoms with Gasteiger partial charge >= 0.3 is 5.97 Å². The van der Waals surface area contributed by atoms with Gasteiger partial charge < -0.3 is 20.2 Å². The third-order valence-electron chi connectivity index (χ3n) is 5.83. The fourth-order valence-corrected chi connectivity index (χ4v) is 4.40. The largest absolute Gasteiger partial charge is 0.479 e. The van der Waals surface area contributed by atoms with Crippen molar-refractivity contribution in [1.82, 2.24) is 0 Å². The number of hydrogen-bond donors (Lipinski definition) is 3. The summed E-state index contributed by atoms with van der Waals surface area (Å²) in [5.41, 5.74) is 4.08. The van der Waals surface area contributed by atoms with Crippen LogP contribution in [0.1, 0.15) is 48.5 Å². The lowest BCUT2D eigenvalue weighted by atomic mass is 9.73. The first-order valence-corrected chi connectivity index (χ1v) is 9.20. The Kier molecular flexibility index (Phi) is 5.63. The first-order valence-electron chi connectivity index (χ1n) is 9.20. The Balaban J connectivity index is 1.52. The number of aryl methyl sites for hydroxylation is 2. The van der Waals surface area contributed by atoms with Gasteiger partial charge in [0.1, 0.15) is 0 Å². The summed E-state index contributed by atoms with van der Waals surface area (Å²) in [5, 5.41) is 33.5. The normalized spacial score (nSPS) is 29.9. The third-order valence-corrected chi connectivity index (χ3v) is 5.83. The van der Waals surface area contributed by atoms with Crippen LogP contribution in [-0.4, -0.2) is 39.7 Å². The number of hydrogen-bond acceptors (Lipinski definition) is 5. The highest BCUT2D eigenvalue weighted by atomic mass is 16.6. The highest BCUT2D eigenvalue weighted by Crippen LogP contribution is 2.49. The van der Waals surface area contributed by atoms with Crippen molar-refractivity contribution in [2.45, 2.75) is 51.7 Å². The van der Waals surface area contributed by atoms with E-state index < -0.39 is 18.7 Å². The van der Waals surface area contributed by atoms with Gasteiger partial charge in [-0.05, 0) is 62.5 Å². The van der Waals surface area contributed by atoms with Crippen LogP contribution in [0.25, 0.3) is 0 Å². The zero-order chi connectivity index (χ0) is 18.8. The summed E-state index contributed by atoms with van der Waals surface area (Å²) < 4.78 is 0. The average Bonchev–Trinajstić information content (AvgIpc) is 2.80. The molecule has 0 amide bonds. The zero-order valence-electron chi connectivity index (χ0n) is 15.3. The molecule has 5 unspecified atom stereocenters. The standard InChI is InChI=1S/C20H27NO5/c1-11-3-5-14(12(2)7-11)18(22)6-4-13-8-15-16(20(13)25)9-17(15)21-26-10-19(23)24/h3,5,7,13,15-16,18,20,22,25H,4,6,8-10H2,1-2H3,(H,23,24). The maximum atomic E-state index is 10.5. The topological polar surface area (TPSA) is 99.4 Å². The summed E-state index contributed by atoms with van der Waals surface area (Å²) in [6.45, 7) is 3.61. The van der Waals surface area contributed by atoms with Gasteiger partial charge in [0.05, 0.1) is 17.9 Å². The number of nitrogens with zero attached hydrogens (tertiary/aromatic N) is 1. The number of rotatable bonds is 7. The Morgan fingerprint density at radius 1 is 1.38 bits per heavy atom. The molecule has 142 valence electrons. The number of oxime groups is 1. The van der Waals surface area contributed by atoms with Gasteiger partial charge in [0.15, 0.2) is 0 Å². The Morgan fingerprint density at radius 3 is 2.85 bits per heavy atom. The van der Waals surface area contributed by atoms with Gasteiger partial charge in [-0.15, -0.1) is 0 Å². The second kappa shape index (κ2) is 7.76. The van der Waals surface area contributed by atoms with Gasteiger partial charge in [-0.25, -0.2) is 4.79 Å². The Hall–Kier alpha value is -1.92. The van der Waals surface area contributed by atoms with Gasteiger partial charge in [-0.1, -0.05) is 28.9 Å². The van der Waals surface area contributed by atoms with E-state index in [4.69, 9.17) is 9.94 Å². The summed E-state index contributed by atoms with van der Waals surface area (Å²) in [6, 6.07) is 6.06. The number of aliphatic hydroxyl groups is 2. The van der Waals surface area contributed by atoms with Crippen LogP contribution in [0.15, 0.2) is 23.4 Å². The number of benzene rings is 1. The first-order chi connectivity index (χ1) is 12.4. The predicted octanol–water partition coefficient (Wildman–Crippen LogP) is 2.59. The molecule has 0 spiro atoms. The maximum Gasteiger partial charge on any atom is 0.344 e. The van der Waals surface area contributed by atoms with E-state index in [0.29, 0.717) is 12.8 Å². The molecule has 0 radical (unpaired) electrons. The number of fused-ring (bicyclic) bond motifs is 1. The molecule has 26 heavy (non-hydrogen) atoms. The molecule has 5 atom stereocenters. The molecule has 3 rings (SSSR count). The van der Waals surface area contributed by atoms with E-state index in [2.05, 4.69) is 11.2 Å². The Bertz CT molecular complexity index is 701. The van der Waals surface area contributed by atoms with Crippen LogP contribution in [-0.2, 0) is 9.63 Å². The molecule has 3 N–H and O–H groups in total. The monoisotopic (exact) mass is 361 g/mol. The van der Waals surface area contributed by atoms with Crippen molar-refractivity contribution in [3.8, 4) is 0 Å². The van der Waals surface area contributed by atoms with Crippen molar-refractivity contribution in [3.05, 3.63) is 34.9 Å². The minimum absolute atomic E-state index is 0.137. The van der Waals surface area contributed by atoms with Crippen LogP contribution < -0.4 is 0 Å². The molecule has 2 aliphatic carbocycles. The van der Waals surface area contributed by atoms with Gasteiger partial charge in [0, 0.05) is 5.92 Å². The fraction of sp³-hybridized carbons (Fsp3) is 0.600. The van der Waals surface area contributed by atoms with Gasteiger partial charge in [0.25, 0.3) is 0 Å². The first kappa shape index (κ1) is 18.9. The fourth-order valence-electron chi connectivity index (χ4n) is 4.40. The second-order valence-electron chi connectivity index (χ2n) is 7.66. The predicted molar refractivity (Wildman–Crippen MR) is 96.8 cm³/mol. The van der Waals surface area contributed by atoms with E-state index in [1.165, 1.54) is 5.56 Å². The highest BCUT2D eigenvalue weighted by molar-refractivity contribution is 5.93.